The van der Waals surface area contributed by atoms with E-state index in [9.17, 15) is 81.7 Å². The SMILES string of the molecule is CO[C@@H]1O[C@H](COS(=O)(=O)O)[C@@H](O[C@@H]2O[C@H](COS(=O)(=O)O)[C@H](OS(=O)(=O)O)[C@H](OS(=O)(=O)O)[C@H]2OS(=O)(=O)O)[C@H](OS(=O)(=O)O)[C@H]1OS(=O)(=O)O. The maximum Gasteiger partial charge on any atom is 0.397 e. The van der Waals surface area contributed by atoms with Gasteiger partial charge in [-0.3, -0.25) is 31.9 Å². The van der Waals surface area contributed by atoms with Gasteiger partial charge in [-0.05, 0) is 0 Å². The summed E-state index contributed by atoms with van der Waals surface area (Å²) in [5, 5.41) is 0. The Bertz CT molecular complexity index is 2020. The highest BCUT2D eigenvalue weighted by molar-refractivity contribution is 7.82. The molecule has 7 N–H and O–H groups in total. The summed E-state index contributed by atoms with van der Waals surface area (Å²) in [5.41, 5.74) is 0. The highest BCUT2D eigenvalue weighted by Gasteiger charge is 2.58. The van der Waals surface area contributed by atoms with E-state index in [0.29, 0.717) is 7.11 Å². The normalized spacial score (nSPS) is 31.7. The molecule has 0 amide bonds. The zero-order chi connectivity index (χ0) is 40.5. The molecular formula is C13H24O32S7. The van der Waals surface area contributed by atoms with E-state index in [1.165, 1.54) is 0 Å². The summed E-state index contributed by atoms with van der Waals surface area (Å²) in [6.45, 7) is -3.48. The van der Waals surface area contributed by atoms with E-state index >= 15 is 0 Å². The highest BCUT2D eigenvalue weighted by atomic mass is 32.3. The largest absolute Gasteiger partial charge is 0.397 e. The molecule has 10 atom stereocenters. The minimum absolute atomic E-state index is 0.643. The van der Waals surface area contributed by atoms with Crippen LogP contribution in [0.2, 0.25) is 0 Å². The standard InChI is InChI=1S/C13H24O32S7/c1-35-12-10(44-51(29,30)31)8(42-49(23,24)25)6(4(38-12)2-36-46(14,15)16)40-13-11(45-52(32,33)34)9(43-50(26,27)28)7(41-48(20,21)22)5(39-13)3-37-47(17,18)19/h4-13H,2-3H2,1H3,(H,14,15,16)(H,17,18,19)(H,20,21,22)(H,23,24,25)(H,26,27,28)(H,29,30,31)(H,32,33,34)/t4-,5-,6-,7+,8+,9+,10-,11-,12-,13+/m1/s1. The van der Waals surface area contributed by atoms with Crippen molar-refractivity contribution in [3.8, 4) is 0 Å². The van der Waals surface area contributed by atoms with Crippen LogP contribution in [-0.4, -0.2) is 173 Å². The lowest BCUT2D eigenvalue weighted by atomic mass is 9.97. The van der Waals surface area contributed by atoms with Crippen LogP contribution in [0.15, 0.2) is 0 Å². The van der Waals surface area contributed by atoms with E-state index in [4.69, 9.17) is 28.1 Å². The molecule has 0 aromatic rings. The van der Waals surface area contributed by atoms with Crippen LogP contribution in [0.4, 0.5) is 0 Å². The lowest BCUT2D eigenvalue weighted by Crippen LogP contribution is -2.67. The zero-order valence-electron chi connectivity index (χ0n) is 24.4. The Morgan fingerprint density at radius 3 is 1.04 bits per heavy atom. The van der Waals surface area contributed by atoms with Crippen molar-refractivity contribution >= 4 is 72.8 Å². The van der Waals surface area contributed by atoms with Gasteiger partial charge < -0.3 is 18.9 Å². The third-order valence-electron chi connectivity index (χ3n) is 5.63. The van der Waals surface area contributed by atoms with E-state index in [2.05, 4.69) is 29.3 Å². The van der Waals surface area contributed by atoms with Crippen LogP contribution >= 0.6 is 0 Å². The molecule has 32 nitrogen and oxygen atoms in total. The van der Waals surface area contributed by atoms with E-state index < -0.39 is 147 Å². The average molecular weight is 917 g/mol. The van der Waals surface area contributed by atoms with Gasteiger partial charge in [-0.1, -0.05) is 0 Å². The molecule has 52 heavy (non-hydrogen) atoms. The molecule has 2 aliphatic rings. The number of rotatable bonds is 19. The number of ether oxygens (including phenoxy) is 4. The van der Waals surface area contributed by atoms with Crippen molar-refractivity contribution in [1.82, 2.24) is 0 Å². The molecular weight excluding hydrogens is 893 g/mol. The third kappa shape index (κ3) is 16.7. The topological polar surface area (TPSA) is 482 Å². The quantitative estimate of drug-likeness (QED) is 0.0593. The predicted molar refractivity (Wildman–Crippen MR) is 146 cm³/mol. The fourth-order valence-corrected chi connectivity index (χ4v) is 7.28. The second-order valence-corrected chi connectivity index (χ2v) is 16.7. The number of methoxy groups -OCH3 is 1. The molecule has 0 unspecified atom stereocenters. The van der Waals surface area contributed by atoms with Crippen LogP contribution in [0.25, 0.3) is 0 Å². The van der Waals surface area contributed by atoms with Crippen molar-refractivity contribution in [3.63, 3.8) is 0 Å². The van der Waals surface area contributed by atoms with Gasteiger partial charge in [0, 0.05) is 7.11 Å². The highest BCUT2D eigenvalue weighted by Crippen LogP contribution is 2.37. The molecule has 2 fully saturated rings. The summed E-state index contributed by atoms with van der Waals surface area (Å²) in [6, 6.07) is 0. The molecule has 0 aromatic carbocycles. The Morgan fingerprint density at radius 1 is 0.404 bits per heavy atom. The summed E-state index contributed by atoms with van der Waals surface area (Å²) in [5.74, 6) is 0. The minimum Gasteiger partial charge on any atom is -0.353 e. The summed E-state index contributed by atoms with van der Waals surface area (Å²) >= 11 is 0. The number of hydrogen-bond donors (Lipinski definition) is 7. The molecule has 0 aliphatic carbocycles. The summed E-state index contributed by atoms with van der Waals surface area (Å²) < 4.78 is 276. The van der Waals surface area contributed by atoms with Crippen LogP contribution in [0.5, 0.6) is 0 Å². The van der Waals surface area contributed by atoms with Crippen molar-refractivity contribution in [2.45, 2.75) is 61.4 Å². The van der Waals surface area contributed by atoms with E-state index in [0.717, 1.165) is 0 Å². The average Bonchev–Trinajstić information content (AvgIpc) is 2.87. The Labute approximate surface area is 292 Å². The third-order valence-corrected chi connectivity index (χ3v) is 8.83. The minimum atomic E-state index is -6.08. The Hall–Kier alpha value is -1.07. The van der Waals surface area contributed by atoms with Crippen LogP contribution < -0.4 is 0 Å². The molecule has 310 valence electrons. The van der Waals surface area contributed by atoms with Gasteiger partial charge in [-0.25, -0.2) is 29.3 Å². The molecule has 0 spiro atoms. The maximum absolute atomic E-state index is 11.8. The molecule has 0 radical (unpaired) electrons. The summed E-state index contributed by atoms with van der Waals surface area (Å²) in [6.07, 6.45) is -28.9. The number of hydrogen-bond acceptors (Lipinski definition) is 25. The van der Waals surface area contributed by atoms with Gasteiger partial charge in [-0.15, -0.1) is 0 Å². The molecule has 0 bridgehead atoms. The fourth-order valence-electron chi connectivity index (χ4n) is 4.19. The second kappa shape index (κ2) is 17.0. The van der Waals surface area contributed by atoms with Gasteiger partial charge in [0.15, 0.2) is 24.8 Å². The smallest absolute Gasteiger partial charge is 0.353 e. The fraction of sp³-hybridized carbons (Fsp3) is 1.00. The van der Waals surface area contributed by atoms with E-state index in [1.54, 1.807) is 0 Å². The van der Waals surface area contributed by atoms with Crippen LogP contribution in [0.3, 0.4) is 0 Å². The maximum atomic E-state index is 11.8. The van der Waals surface area contributed by atoms with Crippen LogP contribution in [0, 0.1) is 0 Å². The van der Waals surface area contributed by atoms with Gasteiger partial charge in [0.25, 0.3) is 0 Å². The van der Waals surface area contributed by atoms with Gasteiger partial charge in [0.2, 0.25) is 0 Å². The van der Waals surface area contributed by atoms with Crippen LogP contribution in [-0.2, 0) is 121 Å². The predicted octanol–water partition coefficient (Wildman–Crippen LogP) is -5.95. The second-order valence-electron chi connectivity index (χ2n) is 9.29. The molecule has 2 heterocycles. The summed E-state index contributed by atoms with van der Waals surface area (Å²) in [7, 11) is -40.4. The van der Waals surface area contributed by atoms with Crippen molar-refractivity contribution in [1.29, 1.82) is 0 Å². The molecule has 0 saturated carbocycles. The van der Waals surface area contributed by atoms with E-state index in [-0.39, 0.29) is 0 Å². The van der Waals surface area contributed by atoms with Crippen molar-refractivity contribution in [3.05, 3.63) is 0 Å². The molecule has 0 aromatic heterocycles. The Kier molecular flexibility index (Phi) is 15.4. The van der Waals surface area contributed by atoms with Crippen molar-refractivity contribution < 1.29 is 139 Å². The molecule has 2 saturated heterocycles. The first kappa shape index (κ1) is 47.1. The molecule has 2 aliphatic heterocycles. The first-order valence-corrected chi connectivity index (χ1v) is 21.6. The van der Waals surface area contributed by atoms with Crippen molar-refractivity contribution in [2.75, 3.05) is 20.3 Å². The van der Waals surface area contributed by atoms with Gasteiger partial charge in [0.05, 0.1) is 13.2 Å². The van der Waals surface area contributed by atoms with Gasteiger partial charge in [-0.2, -0.15) is 58.9 Å². The lowest BCUT2D eigenvalue weighted by molar-refractivity contribution is -0.346. The van der Waals surface area contributed by atoms with Crippen LogP contribution in [0.1, 0.15) is 0 Å². The first-order chi connectivity index (χ1) is 23.1. The first-order valence-electron chi connectivity index (χ1n) is 12.1. The molecule has 2 rings (SSSR count). The van der Waals surface area contributed by atoms with E-state index in [1.807, 2.05) is 0 Å². The Morgan fingerprint density at radius 2 is 0.692 bits per heavy atom. The zero-order valence-corrected chi connectivity index (χ0v) is 30.1. The Balaban J connectivity index is 2.95. The van der Waals surface area contributed by atoms with Gasteiger partial charge in [0.1, 0.15) is 36.6 Å². The van der Waals surface area contributed by atoms with Crippen molar-refractivity contribution in [2.24, 2.45) is 0 Å². The molecule has 39 heteroatoms. The van der Waals surface area contributed by atoms with Gasteiger partial charge >= 0.3 is 72.8 Å². The monoisotopic (exact) mass is 916 g/mol. The summed E-state index contributed by atoms with van der Waals surface area (Å²) in [4.78, 5) is 0. The lowest BCUT2D eigenvalue weighted by Gasteiger charge is -2.48.